The molecule has 0 radical (unpaired) electrons. The SMILES string of the molecule is CNC(c1ccc(S(C)(=O)=O)cc1)c1ccc(Cl)c(Cl)c1. The minimum atomic E-state index is -3.19. The second kappa shape index (κ2) is 6.36. The van der Waals surface area contributed by atoms with E-state index in [2.05, 4.69) is 5.32 Å². The van der Waals surface area contributed by atoms with Crippen LogP contribution in [0.4, 0.5) is 0 Å². The molecule has 0 saturated heterocycles. The lowest BCUT2D eigenvalue weighted by molar-refractivity contribution is 0.601. The Morgan fingerprint density at radius 2 is 1.52 bits per heavy atom. The first-order chi connectivity index (χ1) is 9.82. The number of sulfone groups is 1. The fourth-order valence-corrected chi connectivity index (χ4v) is 3.06. The summed E-state index contributed by atoms with van der Waals surface area (Å²) in [6.45, 7) is 0. The Hall–Kier alpha value is -1.07. The molecule has 1 atom stereocenters. The van der Waals surface area contributed by atoms with Gasteiger partial charge < -0.3 is 5.32 Å². The smallest absolute Gasteiger partial charge is 0.175 e. The highest BCUT2D eigenvalue weighted by Crippen LogP contribution is 2.29. The molecule has 0 bridgehead atoms. The average Bonchev–Trinajstić information content (AvgIpc) is 2.43. The Bertz CT molecular complexity index is 743. The van der Waals surface area contributed by atoms with Crippen molar-refractivity contribution >= 4 is 33.0 Å². The lowest BCUT2D eigenvalue weighted by Gasteiger charge is -2.18. The molecule has 0 spiro atoms. The highest BCUT2D eigenvalue weighted by molar-refractivity contribution is 7.90. The van der Waals surface area contributed by atoms with Crippen LogP contribution >= 0.6 is 23.2 Å². The molecule has 0 aliphatic heterocycles. The molecule has 0 fully saturated rings. The molecule has 1 unspecified atom stereocenters. The highest BCUT2D eigenvalue weighted by Gasteiger charge is 2.14. The van der Waals surface area contributed by atoms with Gasteiger partial charge in [0.05, 0.1) is 21.0 Å². The van der Waals surface area contributed by atoms with Crippen LogP contribution < -0.4 is 5.32 Å². The van der Waals surface area contributed by atoms with Crippen LogP contribution in [0.15, 0.2) is 47.4 Å². The van der Waals surface area contributed by atoms with E-state index in [1.807, 2.05) is 13.1 Å². The van der Waals surface area contributed by atoms with Crippen molar-refractivity contribution in [1.29, 1.82) is 0 Å². The van der Waals surface area contributed by atoms with E-state index >= 15 is 0 Å². The Balaban J connectivity index is 2.39. The summed E-state index contributed by atoms with van der Waals surface area (Å²) >= 11 is 12.0. The lowest BCUT2D eigenvalue weighted by atomic mass is 9.99. The molecule has 3 nitrogen and oxygen atoms in total. The summed E-state index contributed by atoms with van der Waals surface area (Å²) in [6, 6.07) is 12.1. The van der Waals surface area contributed by atoms with Gasteiger partial charge in [0.2, 0.25) is 0 Å². The lowest BCUT2D eigenvalue weighted by Crippen LogP contribution is -2.17. The first kappa shape index (κ1) is 16.3. The van der Waals surface area contributed by atoms with Gasteiger partial charge >= 0.3 is 0 Å². The van der Waals surface area contributed by atoms with E-state index in [0.29, 0.717) is 14.9 Å². The average molecular weight is 344 g/mol. The van der Waals surface area contributed by atoms with Gasteiger partial charge in [-0.3, -0.25) is 0 Å². The highest BCUT2D eigenvalue weighted by atomic mass is 35.5. The van der Waals surface area contributed by atoms with Crippen LogP contribution in [0.2, 0.25) is 10.0 Å². The zero-order valence-electron chi connectivity index (χ0n) is 11.6. The zero-order valence-corrected chi connectivity index (χ0v) is 13.9. The van der Waals surface area contributed by atoms with Gasteiger partial charge in [0.1, 0.15) is 0 Å². The number of nitrogens with one attached hydrogen (secondary N) is 1. The monoisotopic (exact) mass is 343 g/mol. The van der Waals surface area contributed by atoms with E-state index in [0.717, 1.165) is 11.1 Å². The predicted molar refractivity (Wildman–Crippen MR) is 86.9 cm³/mol. The third kappa shape index (κ3) is 3.77. The topological polar surface area (TPSA) is 46.2 Å². The van der Waals surface area contributed by atoms with Crippen molar-refractivity contribution < 1.29 is 8.42 Å². The van der Waals surface area contributed by atoms with Crippen molar-refractivity contribution in [3.63, 3.8) is 0 Å². The van der Waals surface area contributed by atoms with Gasteiger partial charge in [0, 0.05) is 6.26 Å². The normalized spacial score (nSPS) is 13.1. The molecule has 0 heterocycles. The van der Waals surface area contributed by atoms with Crippen LogP contribution in [0, 0.1) is 0 Å². The molecule has 2 aromatic rings. The van der Waals surface area contributed by atoms with Crippen molar-refractivity contribution in [3.05, 3.63) is 63.6 Å². The molecule has 0 amide bonds. The van der Waals surface area contributed by atoms with E-state index in [4.69, 9.17) is 23.2 Å². The van der Waals surface area contributed by atoms with Crippen LogP contribution in [-0.4, -0.2) is 21.7 Å². The van der Waals surface area contributed by atoms with Crippen LogP contribution in [0.1, 0.15) is 17.2 Å². The second-order valence-electron chi connectivity index (χ2n) is 4.74. The first-order valence-electron chi connectivity index (χ1n) is 6.25. The van der Waals surface area contributed by atoms with Gasteiger partial charge in [-0.05, 0) is 42.4 Å². The summed E-state index contributed by atoms with van der Waals surface area (Å²) in [5, 5.41) is 4.18. The molecular weight excluding hydrogens is 329 g/mol. The molecule has 0 aliphatic rings. The van der Waals surface area contributed by atoms with Crippen molar-refractivity contribution in [2.75, 3.05) is 13.3 Å². The van der Waals surface area contributed by atoms with Gasteiger partial charge in [-0.25, -0.2) is 8.42 Å². The Morgan fingerprint density at radius 3 is 2.00 bits per heavy atom. The molecule has 2 aromatic carbocycles. The van der Waals surface area contributed by atoms with Crippen LogP contribution in [0.25, 0.3) is 0 Å². The fourth-order valence-electron chi connectivity index (χ4n) is 2.13. The molecule has 0 aliphatic carbocycles. The summed E-state index contributed by atoms with van der Waals surface area (Å²) in [5.41, 5.74) is 1.90. The maximum Gasteiger partial charge on any atom is 0.175 e. The second-order valence-corrected chi connectivity index (χ2v) is 7.57. The van der Waals surface area contributed by atoms with Crippen LogP contribution in [-0.2, 0) is 9.84 Å². The van der Waals surface area contributed by atoms with Gasteiger partial charge in [0.25, 0.3) is 0 Å². The number of benzene rings is 2. The van der Waals surface area contributed by atoms with Crippen molar-refractivity contribution in [2.24, 2.45) is 0 Å². The van der Waals surface area contributed by atoms with E-state index in [1.165, 1.54) is 6.26 Å². The standard InChI is InChI=1S/C15H15Cl2NO2S/c1-18-15(11-5-8-13(16)14(17)9-11)10-3-6-12(7-4-10)21(2,19)20/h3-9,15,18H,1-2H3. The van der Waals surface area contributed by atoms with Crippen molar-refractivity contribution in [1.82, 2.24) is 5.32 Å². The van der Waals surface area contributed by atoms with E-state index < -0.39 is 9.84 Å². The van der Waals surface area contributed by atoms with E-state index in [1.54, 1.807) is 36.4 Å². The summed E-state index contributed by atoms with van der Waals surface area (Å²) < 4.78 is 23.0. The van der Waals surface area contributed by atoms with E-state index in [9.17, 15) is 8.42 Å². The van der Waals surface area contributed by atoms with Crippen LogP contribution in [0.5, 0.6) is 0 Å². The number of rotatable bonds is 4. The summed E-state index contributed by atoms with van der Waals surface area (Å²) in [4.78, 5) is 0.301. The molecule has 112 valence electrons. The first-order valence-corrected chi connectivity index (χ1v) is 8.90. The third-order valence-electron chi connectivity index (χ3n) is 3.21. The summed E-state index contributed by atoms with van der Waals surface area (Å²) in [7, 11) is -1.36. The quantitative estimate of drug-likeness (QED) is 0.920. The molecule has 6 heteroatoms. The van der Waals surface area contributed by atoms with Crippen molar-refractivity contribution in [2.45, 2.75) is 10.9 Å². The fraction of sp³-hybridized carbons (Fsp3) is 0.200. The minimum absolute atomic E-state index is 0.0895. The largest absolute Gasteiger partial charge is 0.309 e. The van der Waals surface area contributed by atoms with Gasteiger partial charge in [-0.1, -0.05) is 41.4 Å². The molecule has 1 N–H and O–H groups in total. The maximum absolute atomic E-state index is 11.5. The number of halogens is 2. The van der Waals surface area contributed by atoms with E-state index in [-0.39, 0.29) is 6.04 Å². The summed E-state index contributed by atoms with van der Waals surface area (Å²) in [5.74, 6) is 0. The molecular formula is C15H15Cl2NO2S. The molecule has 0 saturated carbocycles. The Labute approximate surface area is 134 Å². The third-order valence-corrected chi connectivity index (χ3v) is 5.07. The number of hydrogen-bond donors (Lipinski definition) is 1. The molecule has 2 rings (SSSR count). The summed E-state index contributed by atoms with van der Waals surface area (Å²) in [6.07, 6.45) is 1.19. The predicted octanol–water partition coefficient (Wildman–Crippen LogP) is 3.71. The molecule has 0 aromatic heterocycles. The zero-order chi connectivity index (χ0) is 15.6. The Morgan fingerprint density at radius 1 is 0.952 bits per heavy atom. The minimum Gasteiger partial charge on any atom is -0.309 e. The number of hydrogen-bond acceptors (Lipinski definition) is 3. The maximum atomic E-state index is 11.5. The molecule has 21 heavy (non-hydrogen) atoms. The van der Waals surface area contributed by atoms with Crippen LogP contribution in [0.3, 0.4) is 0 Å². The van der Waals surface area contributed by atoms with Crippen molar-refractivity contribution in [3.8, 4) is 0 Å². The van der Waals surface area contributed by atoms with Gasteiger partial charge in [-0.15, -0.1) is 0 Å². The van der Waals surface area contributed by atoms with Gasteiger partial charge in [-0.2, -0.15) is 0 Å². The Kier molecular flexibility index (Phi) is 4.94. The van der Waals surface area contributed by atoms with Gasteiger partial charge in [0.15, 0.2) is 9.84 Å².